The molecule has 0 amide bonds. The molecule has 1 aromatic rings. The highest BCUT2D eigenvalue weighted by Crippen LogP contribution is 2.36. The Hall–Kier alpha value is -1.07. The van der Waals surface area contributed by atoms with Crippen LogP contribution in [0.4, 0.5) is 13.2 Å². The van der Waals surface area contributed by atoms with E-state index in [2.05, 4.69) is 39.9 Å². The van der Waals surface area contributed by atoms with Gasteiger partial charge in [-0.15, -0.1) is 0 Å². The molecule has 5 heteroatoms. The number of aryl methyl sites for hydroxylation is 1. The van der Waals surface area contributed by atoms with Gasteiger partial charge in [0.1, 0.15) is 0 Å². The van der Waals surface area contributed by atoms with Gasteiger partial charge in [-0.25, -0.2) is 0 Å². The van der Waals surface area contributed by atoms with Crippen LogP contribution in [0.25, 0.3) is 0 Å². The van der Waals surface area contributed by atoms with Crippen molar-refractivity contribution in [2.45, 2.75) is 64.3 Å². The zero-order valence-corrected chi connectivity index (χ0v) is 16.3. The van der Waals surface area contributed by atoms with Gasteiger partial charge >= 0.3 is 6.18 Å². The van der Waals surface area contributed by atoms with Crippen LogP contribution in [0.2, 0.25) is 18.1 Å². The first-order chi connectivity index (χ1) is 10.9. The molecule has 0 aliphatic rings. The third-order valence-electron chi connectivity index (χ3n) is 4.57. The van der Waals surface area contributed by atoms with E-state index in [0.717, 1.165) is 18.9 Å². The van der Waals surface area contributed by atoms with Crippen LogP contribution in [0.5, 0.6) is 0 Å². The summed E-state index contributed by atoms with van der Waals surface area (Å²) in [6.45, 7) is 11.8. The number of hydrogen-bond donors (Lipinski definition) is 0. The maximum atomic E-state index is 12.7. The highest BCUT2D eigenvalue weighted by Gasteiger charge is 2.36. The third-order valence-corrected chi connectivity index (χ3v) is 9.11. The van der Waals surface area contributed by atoms with Crippen molar-refractivity contribution in [1.82, 2.24) is 0 Å². The summed E-state index contributed by atoms with van der Waals surface area (Å²) < 4.78 is 44.0. The average molecular weight is 359 g/mol. The smallest absolute Gasteiger partial charge is 0.416 e. The fraction of sp³-hybridized carbons (Fsp3) is 0.579. The van der Waals surface area contributed by atoms with Gasteiger partial charge in [0.2, 0.25) is 0 Å². The molecule has 0 aliphatic heterocycles. The van der Waals surface area contributed by atoms with E-state index in [-0.39, 0.29) is 5.04 Å². The zero-order chi connectivity index (χ0) is 18.4. The number of allylic oxidation sites excluding steroid dienone is 1. The van der Waals surface area contributed by atoms with Crippen LogP contribution in [0, 0.1) is 0 Å². The van der Waals surface area contributed by atoms with Crippen LogP contribution < -0.4 is 0 Å². The summed E-state index contributed by atoms with van der Waals surface area (Å²) in [6.07, 6.45) is 2.00. The number of alkyl halides is 3. The molecule has 0 saturated heterocycles. The lowest BCUT2D eigenvalue weighted by Crippen LogP contribution is -2.40. The van der Waals surface area contributed by atoms with Crippen LogP contribution in [0.3, 0.4) is 0 Å². The second kappa shape index (κ2) is 8.34. The minimum atomic E-state index is -4.27. The Kier molecular flexibility index (Phi) is 7.29. The Morgan fingerprint density at radius 3 is 2.25 bits per heavy atom. The zero-order valence-electron chi connectivity index (χ0n) is 15.3. The van der Waals surface area contributed by atoms with Gasteiger partial charge in [-0.2, -0.15) is 13.2 Å². The van der Waals surface area contributed by atoms with E-state index in [0.29, 0.717) is 18.6 Å². The summed E-state index contributed by atoms with van der Waals surface area (Å²) in [5.41, 5.74) is 0.138. The van der Waals surface area contributed by atoms with Gasteiger partial charge in [-0.3, -0.25) is 0 Å². The lowest BCUT2D eigenvalue weighted by molar-refractivity contribution is -0.137. The van der Waals surface area contributed by atoms with Crippen molar-refractivity contribution in [3.05, 3.63) is 47.5 Å². The molecule has 1 nitrogen and oxygen atoms in total. The van der Waals surface area contributed by atoms with E-state index in [1.807, 2.05) is 6.08 Å². The van der Waals surface area contributed by atoms with Crippen LogP contribution in [-0.4, -0.2) is 14.9 Å². The van der Waals surface area contributed by atoms with Gasteiger partial charge in [0.15, 0.2) is 8.32 Å². The van der Waals surface area contributed by atoms with Gasteiger partial charge in [0, 0.05) is 6.61 Å². The molecule has 0 radical (unpaired) electrons. The maximum absolute atomic E-state index is 12.7. The first-order valence-electron chi connectivity index (χ1n) is 8.38. The minimum absolute atomic E-state index is 0.209. The lowest BCUT2D eigenvalue weighted by atomic mass is 10.1. The molecule has 1 rings (SSSR count). The predicted molar refractivity (Wildman–Crippen MR) is 96.7 cm³/mol. The Morgan fingerprint density at radius 1 is 1.04 bits per heavy atom. The fourth-order valence-corrected chi connectivity index (χ4v) is 3.05. The van der Waals surface area contributed by atoms with E-state index < -0.39 is 20.1 Å². The first-order valence-corrected chi connectivity index (χ1v) is 11.3. The molecule has 0 aliphatic carbocycles. The Bertz CT molecular complexity index is 542. The fourth-order valence-electron chi connectivity index (χ4n) is 1.99. The summed E-state index contributed by atoms with van der Waals surface area (Å²) in [5.74, 6) is 0. The summed E-state index contributed by atoms with van der Waals surface area (Å²) in [4.78, 5) is 0. The Labute approximate surface area is 145 Å². The molecular formula is C19H29F3OSi. The van der Waals surface area contributed by atoms with E-state index in [1.54, 1.807) is 6.07 Å². The van der Waals surface area contributed by atoms with Gasteiger partial charge in [-0.1, -0.05) is 51.1 Å². The van der Waals surface area contributed by atoms with E-state index in [9.17, 15) is 13.2 Å². The predicted octanol–water partition coefficient (Wildman–Crippen LogP) is 6.61. The summed E-state index contributed by atoms with van der Waals surface area (Å²) >= 11 is 0. The van der Waals surface area contributed by atoms with E-state index >= 15 is 0 Å². The highest BCUT2D eigenvalue weighted by molar-refractivity contribution is 6.74. The number of hydrogen-bond acceptors (Lipinski definition) is 1. The Balaban J connectivity index is 2.35. The molecule has 0 aromatic heterocycles. The molecular weight excluding hydrogens is 329 g/mol. The maximum Gasteiger partial charge on any atom is 0.416 e. The second-order valence-electron chi connectivity index (χ2n) is 7.61. The number of benzene rings is 1. The largest absolute Gasteiger partial charge is 0.417 e. The summed E-state index contributed by atoms with van der Waals surface area (Å²) in [5, 5.41) is 0.209. The molecule has 136 valence electrons. The van der Waals surface area contributed by atoms with Crippen molar-refractivity contribution < 1.29 is 17.6 Å². The second-order valence-corrected chi connectivity index (χ2v) is 12.4. The normalized spacial score (nSPS) is 13.7. The summed E-state index contributed by atoms with van der Waals surface area (Å²) in [7, 11) is -1.69. The molecule has 0 atom stereocenters. The number of halogens is 3. The van der Waals surface area contributed by atoms with Gasteiger partial charge in [0.25, 0.3) is 0 Å². The van der Waals surface area contributed by atoms with Crippen LogP contribution in [0.1, 0.15) is 44.7 Å². The van der Waals surface area contributed by atoms with Crippen molar-refractivity contribution in [2.75, 3.05) is 6.61 Å². The van der Waals surface area contributed by atoms with Crippen LogP contribution in [0.15, 0.2) is 36.4 Å². The monoisotopic (exact) mass is 358 g/mol. The van der Waals surface area contributed by atoms with Crippen molar-refractivity contribution >= 4 is 8.32 Å². The standard InChI is InChI=1S/C19H29F3OSi/c1-18(2,3)24(4,5)23-14-9-7-6-8-11-16-12-10-13-17(15-16)19(20,21)22/h6-7,10,12-13,15H,8-9,11,14H2,1-5H3/b7-6+. The summed E-state index contributed by atoms with van der Waals surface area (Å²) in [6, 6.07) is 5.55. The van der Waals surface area contributed by atoms with Crippen molar-refractivity contribution in [3.63, 3.8) is 0 Å². The van der Waals surface area contributed by atoms with Crippen LogP contribution >= 0.6 is 0 Å². The molecule has 0 N–H and O–H groups in total. The molecule has 0 spiro atoms. The van der Waals surface area contributed by atoms with Gasteiger partial charge in [0.05, 0.1) is 5.56 Å². The molecule has 0 bridgehead atoms. The van der Waals surface area contributed by atoms with Gasteiger partial charge in [-0.05, 0) is 49.0 Å². The van der Waals surface area contributed by atoms with Crippen molar-refractivity contribution in [3.8, 4) is 0 Å². The Morgan fingerprint density at radius 2 is 1.67 bits per heavy atom. The quantitative estimate of drug-likeness (QED) is 0.303. The van der Waals surface area contributed by atoms with Crippen molar-refractivity contribution in [2.24, 2.45) is 0 Å². The van der Waals surface area contributed by atoms with Crippen LogP contribution in [-0.2, 0) is 17.0 Å². The van der Waals surface area contributed by atoms with E-state index in [1.165, 1.54) is 12.1 Å². The third kappa shape index (κ3) is 6.81. The first kappa shape index (κ1) is 21.0. The molecule has 0 saturated carbocycles. The van der Waals surface area contributed by atoms with E-state index in [4.69, 9.17) is 4.43 Å². The van der Waals surface area contributed by atoms with Gasteiger partial charge < -0.3 is 4.43 Å². The van der Waals surface area contributed by atoms with Crippen molar-refractivity contribution in [1.29, 1.82) is 0 Å². The average Bonchev–Trinajstić information content (AvgIpc) is 2.44. The topological polar surface area (TPSA) is 9.23 Å². The SMILES string of the molecule is CC(C)(C)[Si](C)(C)OCC/C=C/CCc1cccc(C(F)(F)F)c1. The lowest BCUT2D eigenvalue weighted by Gasteiger charge is -2.36. The highest BCUT2D eigenvalue weighted by atomic mass is 28.4. The molecule has 0 fully saturated rings. The molecule has 0 heterocycles. The molecule has 1 aromatic carbocycles. The minimum Gasteiger partial charge on any atom is -0.417 e. The molecule has 0 unspecified atom stereocenters. The molecule has 24 heavy (non-hydrogen) atoms. The number of rotatable bonds is 7.